The number of hydrogen-bond acceptors (Lipinski definition) is 3. The summed E-state index contributed by atoms with van der Waals surface area (Å²) < 4.78 is 5.42. The molecule has 3 nitrogen and oxygen atoms in total. The zero-order chi connectivity index (χ0) is 13.9. The minimum Gasteiger partial charge on any atom is -0.379 e. The lowest BCUT2D eigenvalue weighted by Gasteiger charge is -2.47. The van der Waals surface area contributed by atoms with Crippen LogP contribution in [-0.2, 0) is 4.74 Å². The minimum absolute atomic E-state index is 0.204. The third kappa shape index (κ3) is 2.95. The number of hydrogen-bond donors (Lipinski definition) is 0. The van der Waals surface area contributed by atoms with Gasteiger partial charge in [0.15, 0.2) is 0 Å². The van der Waals surface area contributed by atoms with Gasteiger partial charge in [0.25, 0.3) is 0 Å². The van der Waals surface area contributed by atoms with Crippen molar-refractivity contribution in [2.75, 3.05) is 26.3 Å². The number of morpholine rings is 1. The highest BCUT2D eigenvalue weighted by Gasteiger charge is 2.43. The first-order chi connectivity index (χ1) is 9.04. The van der Waals surface area contributed by atoms with Crippen LogP contribution in [0.15, 0.2) is 0 Å². The van der Waals surface area contributed by atoms with Crippen LogP contribution in [0.5, 0.6) is 0 Å². The molecule has 2 aliphatic rings. The summed E-state index contributed by atoms with van der Waals surface area (Å²) in [5.74, 6) is 0.778. The fourth-order valence-corrected chi connectivity index (χ4v) is 3.66. The quantitative estimate of drug-likeness (QED) is 0.785. The van der Waals surface area contributed by atoms with Gasteiger partial charge in [0.05, 0.1) is 19.3 Å². The Hall–Kier alpha value is -0.590. The van der Waals surface area contributed by atoms with E-state index in [0.29, 0.717) is 5.41 Å². The molecule has 1 heterocycles. The molecule has 0 aromatic heterocycles. The lowest BCUT2D eigenvalue weighted by Crippen LogP contribution is -2.54. The van der Waals surface area contributed by atoms with Crippen LogP contribution in [0.1, 0.15) is 52.9 Å². The molecule has 0 N–H and O–H groups in total. The van der Waals surface area contributed by atoms with Crippen LogP contribution in [0, 0.1) is 22.7 Å². The summed E-state index contributed by atoms with van der Waals surface area (Å²) in [5.41, 5.74) is 0.219. The molecular weight excluding hydrogens is 236 g/mol. The van der Waals surface area contributed by atoms with Crippen molar-refractivity contribution in [1.29, 1.82) is 5.26 Å². The predicted molar refractivity (Wildman–Crippen MR) is 76.8 cm³/mol. The Bertz CT molecular complexity index is 331. The first-order valence-corrected chi connectivity index (χ1v) is 7.78. The molecule has 0 spiro atoms. The third-order valence-electron chi connectivity index (χ3n) is 5.65. The monoisotopic (exact) mass is 264 g/mol. The molecule has 1 aliphatic carbocycles. The summed E-state index contributed by atoms with van der Waals surface area (Å²) in [7, 11) is 0. The van der Waals surface area contributed by atoms with Crippen molar-refractivity contribution in [3.05, 3.63) is 0 Å². The van der Waals surface area contributed by atoms with Gasteiger partial charge in [0.1, 0.15) is 5.54 Å². The molecule has 0 aromatic rings. The van der Waals surface area contributed by atoms with E-state index in [1.54, 1.807) is 0 Å². The van der Waals surface area contributed by atoms with Gasteiger partial charge < -0.3 is 4.74 Å². The molecule has 0 aromatic carbocycles. The van der Waals surface area contributed by atoms with Crippen molar-refractivity contribution >= 4 is 0 Å². The van der Waals surface area contributed by atoms with Gasteiger partial charge in [0, 0.05) is 13.1 Å². The largest absolute Gasteiger partial charge is 0.379 e. The Morgan fingerprint density at radius 3 is 2.32 bits per heavy atom. The van der Waals surface area contributed by atoms with Gasteiger partial charge in [-0.05, 0) is 37.0 Å². The number of ether oxygens (including phenoxy) is 1. The molecule has 2 rings (SSSR count). The van der Waals surface area contributed by atoms with Crippen molar-refractivity contribution in [2.45, 2.75) is 58.4 Å². The Balaban J connectivity index is 2.01. The van der Waals surface area contributed by atoms with Crippen LogP contribution in [0.25, 0.3) is 0 Å². The second-order valence-electron chi connectivity index (χ2n) is 6.86. The zero-order valence-electron chi connectivity index (χ0n) is 12.7. The summed E-state index contributed by atoms with van der Waals surface area (Å²) in [4.78, 5) is 2.38. The molecule has 2 fully saturated rings. The maximum absolute atomic E-state index is 9.71. The van der Waals surface area contributed by atoms with E-state index in [4.69, 9.17) is 4.74 Å². The maximum Gasteiger partial charge on any atom is 0.109 e. The first kappa shape index (κ1) is 14.8. The van der Waals surface area contributed by atoms with Gasteiger partial charge in [-0.3, -0.25) is 4.90 Å². The number of nitriles is 1. The van der Waals surface area contributed by atoms with E-state index in [9.17, 15) is 5.26 Å². The highest BCUT2D eigenvalue weighted by atomic mass is 16.5. The lowest BCUT2D eigenvalue weighted by atomic mass is 9.65. The maximum atomic E-state index is 9.71. The zero-order valence-corrected chi connectivity index (χ0v) is 12.7. The van der Waals surface area contributed by atoms with Crippen molar-refractivity contribution in [3.8, 4) is 6.07 Å². The first-order valence-electron chi connectivity index (χ1n) is 7.78. The molecule has 19 heavy (non-hydrogen) atoms. The molecule has 0 unspecified atom stereocenters. The van der Waals surface area contributed by atoms with Crippen LogP contribution in [0.3, 0.4) is 0 Å². The van der Waals surface area contributed by atoms with E-state index in [1.165, 1.54) is 19.3 Å². The summed E-state index contributed by atoms with van der Waals surface area (Å²) in [6, 6.07) is 2.65. The Kier molecular flexibility index (Phi) is 4.53. The van der Waals surface area contributed by atoms with Gasteiger partial charge in [-0.1, -0.05) is 27.2 Å². The third-order valence-corrected chi connectivity index (χ3v) is 5.65. The van der Waals surface area contributed by atoms with Gasteiger partial charge >= 0.3 is 0 Å². The van der Waals surface area contributed by atoms with Crippen LogP contribution >= 0.6 is 0 Å². The minimum atomic E-state index is -0.204. The van der Waals surface area contributed by atoms with Crippen molar-refractivity contribution < 1.29 is 4.74 Å². The second-order valence-corrected chi connectivity index (χ2v) is 6.86. The van der Waals surface area contributed by atoms with E-state index in [0.717, 1.165) is 45.1 Å². The van der Waals surface area contributed by atoms with Gasteiger partial charge in [-0.15, -0.1) is 0 Å². The van der Waals surface area contributed by atoms with E-state index in [-0.39, 0.29) is 5.54 Å². The Labute approximate surface area is 117 Å². The molecular formula is C16H28N2O. The fraction of sp³-hybridized carbons (Fsp3) is 0.938. The summed E-state index contributed by atoms with van der Waals surface area (Å²) in [6.45, 7) is 10.5. The predicted octanol–water partition coefficient (Wildman–Crippen LogP) is 3.21. The normalized spacial score (nSPS) is 33.9. The van der Waals surface area contributed by atoms with Crippen LogP contribution < -0.4 is 0 Å². The summed E-state index contributed by atoms with van der Waals surface area (Å²) in [6.07, 6.45) is 5.71. The van der Waals surface area contributed by atoms with Gasteiger partial charge in [-0.25, -0.2) is 0 Å². The topological polar surface area (TPSA) is 36.3 Å². The molecule has 1 aliphatic heterocycles. The van der Waals surface area contributed by atoms with E-state index in [2.05, 4.69) is 31.7 Å². The van der Waals surface area contributed by atoms with E-state index < -0.39 is 0 Å². The molecule has 1 saturated carbocycles. The molecule has 0 bridgehead atoms. The average Bonchev–Trinajstić information content (AvgIpc) is 2.48. The molecule has 0 atom stereocenters. The second kappa shape index (κ2) is 5.81. The van der Waals surface area contributed by atoms with Gasteiger partial charge in [0.2, 0.25) is 0 Å². The summed E-state index contributed by atoms with van der Waals surface area (Å²) >= 11 is 0. The smallest absolute Gasteiger partial charge is 0.109 e. The summed E-state index contributed by atoms with van der Waals surface area (Å²) in [5, 5.41) is 9.71. The van der Waals surface area contributed by atoms with Gasteiger partial charge in [-0.2, -0.15) is 5.26 Å². The SMILES string of the molecule is CCC(C)(C)C1CCC(C#N)(N2CCOCC2)CC1. The van der Waals surface area contributed by atoms with Crippen molar-refractivity contribution in [3.63, 3.8) is 0 Å². The number of rotatable bonds is 3. The highest BCUT2D eigenvalue weighted by molar-refractivity contribution is 5.11. The Morgan fingerprint density at radius 2 is 1.84 bits per heavy atom. The van der Waals surface area contributed by atoms with Crippen LogP contribution in [0.2, 0.25) is 0 Å². The van der Waals surface area contributed by atoms with Crippen molar-refractivity contribution in [1.82, 2.24) is 4.90 Å². The number of nitrogens with zero attached hydrogens (tertiary/aromatic N) is 2. The Morgan fingerprint density at radius 1 is 1.26 bits per heavy atom. The standard InChI is InChI=1S/C16H28N2O/c1-4-15(2,3)14-5-7-16(13-17,8-6-14)18-9-11-19-12-10-18/h14H,4-12H2,1-3H3. The molecule has 0 radical (unpaired) electrons. The molecule has 0 amide bonds. The average molecular weight is 264 g/mol. The van der Waals surface area contributed by atoms with Crippen LogP contribution in [0.4, 0.5) is 0 Å². The molecule has 1 saturated heterocycles. The highest BCUT2D eigenvalue weighted by Crippen LogP contribution is 2.45. The fourth-order valence-electron chi connectivity index (χ4n) is 3.66. The van der Waals surface area contributed by atoms with Crippen molar-refractivity contribution in [2.24, 2.45) is 11.3 Å². The molecule has 108 valence electrons. The van der Waals surface area contributed by atoms with E-state index >= 15 is 0 Å². The molecule has 3 heteroatoms. The lowest BCUT2D eigenvalue weighted by molar-refractivity contribution is -0.0275. The van der Waals surface area contributed by atoms with E-state index in [1.807, 2.05) is 0 Å². The van der Waals surface area contributed by atoms with Crippen LogP contribution in [-0.4, -0.2) is 36.7 Å².